The summed E-state index contributed by atoms with van der Waals surface area (Å²) in [6.45, 7) is 0.262. The number of rotatable bonds is 6. The zero-order valence-corrected chi connectivity index (χ0v) is 14.9. The maximum atomic E-state index is 12.4. The summed E-state index contributed by atoms with van der Waals surface area (Å²) in [5.74, 6) is 0.102. The van der Waals surface area contributed by atoms with E-state index in [1.165, 1.54) is 4.90 Å². The van der Waals surface area contributed by atoms with Gasteiger partial charge in [-0.3, -0.25) is 14.5 Å². The van der Waals surface area contributed by atoms with Gasteiger partial charge in [-0.15, -0.1) is 0 Å². The first-order chi connectivity index (χ1) is 13.7. The first-order valence-corrected chi connectivity index (χ1v) is 8.84. The molecule has 1 N–H and O–H groups in total. The van der Waals surface area contributed by atoms with Gasteiger partial charge in [-0.1, -0.05) is 30.3 Å². The monoisotopic (exact) mass is 372 g/mol. The van der Waals surface area contributed by atoms with Crippen molar-refractivity contribution < 1.29 is 14.0 Å². The third-order valence-electron chi connectivity index (χ3n) is 4.46. The largest absolute Gasteiger partial charge is 0.423 e. The standard InChI is InChI=1S/C21H16N4O3/c22-13-17-19(23-14-7-2-1-3-8-14)28-18(24-17)11-6-12-25-20(26)15-9-4-5-10-16(15)21(25)27/h1-5,7-10,23H,6,11-12H2. The maximum Gasteiger partial charge on any atom is 0.261 e. The van der Waals surface area contributed by atoms with Crippen LogP contribution in [0.4, 0.5) is 11.6 Å². The molecule has 2 aromatic carbocycles. The van der Waals surface area contributed by atoms with E-state index < -0.39 is 0 Å². The second-order valence-electron chi connectivity index (χ2n) is 6.30. The Labute approximate surface area is 161 Å². The lowest BCUT2D eigenvalue weighted by Crippen LogP contribution is -2.30. The van der Waals surface area contributed by atoms with E-state index in [1.54, 1.807) is 24.3 Å². The molecule has 1 aromatic heterocycles. The van der Waals surface area contributed by atoms with Crippen molar-refractivity contribution in [2.75, 3.05) is 11.9 Å². The van der Waals surface area contributed by atoms with Crippen molar-refractivity contribution in [3.63, 3.8) is 0 Å². The summed E-state index contributed by atoms with van der Waals surface area (Å²) in [6, 6.07) is 18.1. The van der Waals surface area contributed by atoms with E-state index in [-0.39, 0.29) is 29.9 Å². The molecule has 0 saturated heterocycles. The number of oxazole rings is 1. The van der Waals surface area contributed by atoms with Crippen molar-refractivity contribution in [2.24, 2.45) is 0 Å². The lowest BCUT2D eigenvalue weighted by atomic mass is 10.1. The zero-order valence-electron chi connectivity index (χ0n) is 14.9. The van der Waals surface area contributed by atoms with E-state index in [0.717, 1.165) is 5.69 Å². The SMILES string of the molecule is N#Cc1nc(CCCN2C(=O)c3ccccc3C2=O)oc1Nc1ccccc1. The molecular formula is C21H16N4O3. The highest BCUT2D eigenvalue weighted by Gasteiger charge is 2.34. The van der Waals surface area contributed by atoms with E-state index >= 15 is 0 Å². The Morgan fingerprint density at radius 2 is 1.64 bits per heavy atom. The Morgan fingerprint density at radius 1 is 1.00 bits per heavy atom. The molecule has 7 heteroatoms. The number of imide groups is 1. The van der Waals surface area contributed by atoms with Crippen molar-refractivity contribution in [1.82, 2.24) is 9.88 Å². The van der Waals surface area contributed by atoms with Crippen LogP contribution in [0.25, 0.3) is 0 Å². The Balaban J connectivity index is 1.40. The molecule has 0 saturated carbocycles. The number of benzene rings is 2. The fourth-order valence-electron chi connectivity index (χ4n) is 3.12. The second-order valence-corrected chi connectivity index (χ2v) is 6.30. The van der Waals surface area contributed by atoms with Crippen molar-refractivity contribution in [1.29, 1.82) is 5.26 Å². The Hall–Kier alpha value is -3.92. The number of aryl methyl sites for hydroxylation is 1. The highest BCUT2D eigenvalue weighted by atomic mass is 16.4. The predicted molar refractivity (Wildman–Crippen MR) is 101 cm³/mol. The fourth-order valence-corrected chi connectivity index (χ4v) is 3.12. The number of hydrogen-bond donors (Lipinski definition) is 1. The topological polar surface area (TPSA) is 99.2 Å². The van der Waals surface area contributed by atoms with E-state index in [9.17, 15) is 14.9 Å². The summed E-state index contributed by atoms with van der Waals surface area (Å²) in [7, 11) is 0. The van der Waals surface area contributed by atoms with Gasteiger partial charge in [-0.05, 0) is 30.7 Å². The number of fused-ring (bicyclic) bond motifs is 1. The number of nitrogens with one attached hydrogen (secondary N) is 1. The number of aromatic nitrogens is 1. The highest BCUT2D eigenvalue weighted by Crippen LogP contribution is 2.24. The predicted octanol–water partition coefficient (Wildman–Crippen LogP) is 3.52. The van der Waals surface area contributed by atoms with Crippen LogP contribution in [0.5, 0.6) is 0 Å². The number of carbonyl (C=O) groups is 2. The van der Waals surface area contributed by atoms with Crippen LogP contribution in [-0.4, -0.2) is 28.2 Å². The maximum absolute atomic E-state index is 12.4. The lowest BCUT2D eigenvalue weighted by Gasteiger charge is -2.12. The van der Waals surface area contributed by atoms with Crippen LogP contribution < -0.4 is 5.32 Å². The summed E-state index contributed by atoms with van der Waals surface area (Å²) in [5.41, 5.74) is 1.82. The average Bonchev–Trinajstić information content (AvgIpc) is 3.22. The average molecular weight is 372 g/mol. The first-order valence-electron chi connectivity index (χ1n) is 8.84. The summed E-state index contributed by atoms with van der Waals surface area (Å²) < 4.78 is 5.66. The molecule has 1 aliphatic rings. The minimum Gasteiger partial charge on any atom is -0.423 e. The van der Waals surface area contributed by atoms with Crippen LogP contribution in [-0.2, 0) is 6.42 Å². The smallest absolute Gasteiger partial charge is 0.261 e. The normalized spacial score (nSPS) is 12.8. The molecule has 2 amide bonds. The molecule has 0 spiro atoms. The number of para-hydroxylation sites is 1. The molecule has 1 aliphatic heterocycles. The molecule has 4 rings (SSSR count). The van der Waals surface area contributed by atoms with Gasteiger partial charge in [0.1, 0.15) is 6.07 Å². The number of amides is 2. The molecule has 0 atom stereocenters. The summed E-state index contributed by atoms with van der Waals surface area (Å²) in [5, 5.41) is 12.3. The summed E-state index contributed by atoms with van der Waals surface area (Å²) >= 11 is 0. The summed E-state index contributed by atoms with van der Waals surface area (Å²) in [4.78, 5) is 30.2. The summed E-state index contributed by atoms with van der Waals surface area (Å²) in [6.07, 6.45) is 0.889. The molecule has 7 nitrogen and oxygen atoms in total. The van der Waals surface area contributed by atoms with Gasteiger partial charge in [0.05, 0.1) is 11.1 Å². The van der Waals surface area contributed by atoms with Gasteiger partial charge in [-0.2, -0.15) is 5.26 Å². The van der Waals surface area contributed by atoms with Gasteiger partial charge >= 0.3 is 0 Å². The van der Waals surface area contributed by atoms with Gasteiger partial charge in [0.2, 0.25) is 11.6 Å². The van der Waals surface area contributed by atoms with Gasteiger partial charge in [0.25, 0.3) is 11.8 Å². The number of carbonyl (C=O) groups excluding carboxylic acids is 2. The van der Waals surface area contributed by atoms with Crippen molar-refractivity contribution in [2.45, 2.75) is 12.8 Å². The first kappa shape index (κ1) is 17.5. The molecule has 0 bridgehead atoms. The molecule has 138 valence electrons. The number of anilines is 2. The molecule has 3 aromatic rings. The lowest BCUT2D eigenvalue weighted by molar-refractivity contribution is 0.0651. The van der Waals surface area contributed by atoms with Crippen LogP contribution >= 0.6 is 0 Å². The quantitative estimate of drug-likeness (QED) is 0.665. The Morgan fingerprint density at radius 3 is 2.29 bits per heavy atom. The Bertz CT molecular complexity index is 1050. The molecule has 28 heavy (non-hydrogen) atoms. The third kappa shape index (κ3) is 3.23. The minimum atomic E-state index is -0.280. The van der Waals surface area contributed by atoms with E-state index in [1.807, 2.05) is 36.4 Å². The van der Waals surface area contributed by atoms with Crippen molar-refractivity contribution in [3.05, 3.63) is 77.3 Å². The third-order valence-corrected chi connectivity index (χ3v) is 4.46. The van der Waals surface area contributed by atoms with Crippen LogP contribution in [0.1, 0.15) is 38.7 Å². The molecule has 0 aliphatic carbocycles. The van der Waals surface area contributed by atoms with E-state index in [2.05, 4.69) is 10.3 Å². The second kappa shape index (κ2) is 7.37. The number of nitrogens with zero attached hydrogens (tertiary/aromatic N) is 3. The van der Waals surface area contributed by atoms with Crippen LogP contribution in [0.2, 0.25) is 0 Å². The highest BCUT2D eigenvalue weighted by molar-refractivity contribution is 6.21. The fraction of sp³-hybridized carbons (Fsp3) is 0.143. The molecule has 2 heterocycles. The van der Waals surface area contributed by atoms with Crippen LogP contribution in [0.3, 0.4) is 0 Å². The zero-order chi connectivity index (χ0) is 19.5. The molecule has 0 fully saturated rings. The van der Waals surface area contributed by atoms with Gasteiger partial charge in [0, 0.05) is 18.7 Å². The van der Waals surface area contributed by atoms with Crippen molar-refractivity contribution >= 4 is 23.4 Å². The number of nitriles is 1. The van der Waals surface area contributed by atoms with Gasteiger partial charge in [-0.25, -0.2) is 4.98 Å². The van der Waals surface area contributed by atoms with Crippen LogP contribution in [0, 0.1) is 11.3 Å². The van der Waals surface area contributed by atoms with Crippen molar-refractivity contribution in [3.8, 4) is 6.07 Å². The van der Waals surface area contributed by atoms with Crippen LogP contribution in [0.15, 0.2) is 59.0 Å². The molecule has 0 unspecified atom stereocenters. The molecule has 0 radical (unpaired) electrons. The van der Waals surface area contributed by atoms with E-state index in [0.29, 0.717) is 29.9 Å². The minimum absolute atomic E-state index is 0.166. The Kier molecular flexibility index (Phi) is 4.60. The molecular weight excluding hydrogens is 356 g/mol. The van der Waals surface area contributed by atoms with Gasteiger partial charge < -0.3 is 9.73 Å². The van der Waals surface area contributed by atoms with Gasteiger partial charge in [0.15, 0.2) is 5.89 Å². The number of hydrogen-bond acceptors (Lipinski definition) is 6. The van der Waals surface area contributed by atoms with E-state index in [4.69, 9.17) is 4.42 Å².